The molecule has 1 amide bonds. The van der Waals surface area contributed by atoms with Gasteiger partial charge >= 0.3 is 0 Å². The van der Waals surface area contributed by atoms with Crippen molar-refractivity contribution in [1.29, 1.82) is 0 Å². The van der Waals surface area contributed by atoms with E-state index in [1.807, 2.05) is 32.0 Å². The van der Waals surface area contributed by atoms with Gasteiger partial charge in [-0.15, -0.1) is 10.2 Å². The summed E-state index contributed by atoms with van der Waals surface area (Å²) in [5, 5.41) is 12.7. The zero-order valence-electron chi connectivity index (χ0n) is 20.1. The zero-order valence-corrected chi connectivity index (χ0v) is 20.9. The van der Waals surface area contributed by atoms with Crippen LogP contribution in [0, 0.1) is 20.8 Å². The second-order valence-electron chi connectivity index (χ2n) is 8.53. The standard InChI is InChI=1S/C28H30N4OS/c1-5-22-11-13-24(14-12-22)32-25(17-23-9-7-6-8-10-23)30-31-28(32)34-18-26(33)29-27-20(3)15-19(2)16-21(27)4/h6-16H,5,17-18H2,1-4H3,(H,29,33). The van der Waals surface area contributed by atoms with Gasteiger partial charge in [-0.3, -0.25) is 9.36 Å². The van der Waals surface area contributed by atoms with E-state index in [2.05, 4.69) is 82.5 Å². The highest BCUT2D eigenvalue weighted by atomic mass is 32.2. The maximum atomic E-state index is 12.8. The molecule has 6 heteroatoms. The van der Waals surface area contributed by atoms with E-state index in [0.717, 1.165) is 34.7 Å². The first-order chi connectivity index (χ1) is 16.4. The monoisotopic (exact) mass is 470 g/mol. The van der Waals surface area contributed by atoms with Gasteiger partial charge in [0, 0.05) is 17.8 Å². The molecule has 0 aliphatic rings. The average Bonchev–Trinajstić information content (AvgIpc) is 3.23. The summed E-state index contributed by atoms with van der Waals surface area (Å²) in [6, 6.07) is 22.9. The number of aromatic nitrogens is 3. The van der Waals surface area contributed by atoms with Crippen molar-refractivity contribution in [2.24, 2.45) is 0 Å². The van der Waals surface area contributed by atoms with E-state index in [0.29, 0.717) is 11.6 Å². The molecule has 0 saturated heterocycles. The quantitative estimate of drug-likeness (QED) is 0.317. The summed E-state index contributed by atoms with van der Waals surface area (Å²) < 4.78 is 2.06. The first kappa shape index (κ1) is 23.8. The lowest BCUT2D eigenvalue weighted by Crippen LogP contribution is -2.16. The topological polar surface area (TPSA) is 59.8 Å². The highest BCUT2D eigenvalue weighted by Crippen LogP contribution is 2.26. The van der Waals surface area contributed by atoms with Gasteiger partial charge in [0.2, 0.25) is 5.91 Å². The number of benzene rings is 3. The third-order valence-electron chi connectivity index (χ3n) is 5.78. The largest absolute Gasteiger partial charge is 0.325 e. The minimum atomic E-state index is -0.0551. The molecule has 4 aromatic rings. The molecule has 0 atom stereocenters. The summed E-state index contributed by atoms with van der Waals surface area (Å²) in [6.45, 7) is 8.25. The van der Waals surface area contributed by atoms with Crippen molar-refractivity contribution in [3.8, 4) is 5.69 Å². The lowest BCUT2D eigenvalue weighted by Gasteiger charge is -2.13. The predicted octanol–water partition coefficient (Wildman–Crippen LogP) is 6.08. The highest BCUT2D eigenvalue weighted by molar-refractivity contribution is 7.99. The molecule has 4 rings (SSSR count). The second-order valence-corrected chi connectivity index (χ2v) is 9.47. The first-order valence-electron chi connectivity index (χ1n) is 11.5. The van der Waals surface area contributed by atoms with Gasteiger partial charge in [0.1, 0.15) is 5.82 Å². The van der Waals surface area contributed by atoms with Gasteiger partial charge in [-0.2, -0.15) is 0 Å². The van der Waals surface area contributed by atoms with Crippen LogP contribution < -0.4 is 5.32 Å². The third kappa shape index (κ3) is 5.57. The maximum Gasteiger partial charge on any atom is 0.234 e. The van der Waals surface area contributed by atoms with Crippen LogP contribution in [0.15, 0.2) is 71.9 Å². The van der Waals surface area contributed by atoms with Crippen molar-refractivity contribution in [1.82, 2.24) is 14.8 Å². The van der Waals surface area contributed by atoms with E-state index in [-0.39, 0.29) is 11.7 Å². The lowest BCUT2D eigenvalue weighted by molar-refractivity contribution is -0.113. The number of nitrogens with one attached hydrogen (secondary N) is 1. The molecule has 34 heavy (non-hydrogen) atoms. The average molecular weight is 471 g/mol. The molecule has 1 heterocycles. The number of aryl methyl sites for hydroxylation is 4. The number of carbonyl (C=O) groups is 1. The fraction of sp³-hybridized carbons (Fsp3) is 0.250. The molecule has 5 nitrogen and oxygen atoms in total. The van der Waals surface area contributed by atoms with Crippen LogP contribution in [0.5, 0.6) is 0 Å². The van der Waals surface area contributed by atoms with Crippen LogP contribution in [-0.2, 0) is 17.6 Å². The van der Waals surface area contributed by atoms with Crippen LogP contribution in [0.3, 0.4) is 0 Å². The minimum absolute atomic E-state index is 0.0551. The van der Waals surface area contributed by atoms with Gasteiger partial charge in [0.05, 0.1) is 5.75 Å². The van der Waals surface area contributed by atoms with E-state index >= 15 is 0 Å². The van der Waals surface area contributed by atoms with Gasteiger partial charge < -0.3 is 5.32 Å². The summed E-state index contributed by atoms with van der Waals surface area (Å²) in [5.41, 5.74) is 7.66. The van der Waals surface area contributed by atoms with Crippen LogP contribution in [0.4, 0.5) is 5.69 Å². The maximum absolute atomic E-state index is 12.8. The molecule has 0 radical (unpaired) electrons. The molecule has 1 aromatic heterocycles. The summed E-state index contributed by atoms with van der Waals surface area (Å²) in [5.74, 6) is 1.05. The van der Waals surface area contributed by atoms with Gasteiger partial charge in [-0.05, 0) is 61.6 Å². The van der Waals surface area contributed by atoms with Crippen LogP contribution in [0.25, 0.3) is 5.69 Å². The number of thioether (sulfide) groups is 1. The zero-order chi connectivity index (χ0) is 24.1. The van der Waals surface area contributed by atoms with Crippen LogP contribution in [0.2, 0.25) is 0 Å². The number of anilines is 1. The summed E-state index contributed by atoms with van der Waals surface area (Å²) in [7, 11) is 0. The molecule has 0 bridgehead atoms. The number of amides is 1. The Balaban J connectivity index is 1.56. The van der Waals surface area contributed by atoms with E-state index in [1.165, 1.54) is 28.5 Å². The van der Waals surface area contributed by atoms with Crippen molar-refractivity contribution in [3.63, 3.8) is 0 Å². The minimum Gasteiger partial charge on any atom is -0.325 e. The fourth-order valence-corrected chi connectivity index (χ4v) is 4.88. The van der Waals surface area contributed by atoms with Crippen LogP contribution >= 0.6 is 11.8 Å². The van der Waals surface area contributed by atoms with Crippen molar-refractivity contribution >= 4 is 23.4 Å². The normalized spacial score (nSPS) is 10.9. The number of hydrogen-bond acceptors (Lipinski definition) is 4. The predicted molar refractivity (Wildman–Crippen MR) is 140 cm³/mol. The highest BCUT2D eigenvalue weighted by Gasteiger charge is 2.17. The second kappa shape index (κ2) is 10.7. The molecule has 0 unspecified atom stereocenters. The van der Waals surface area contributed by atoms with E-state index < -0.39 is 0 Å². The Kier molecular flexibility index (Phi) is 7.48. The van der Waals surface area contributed by atoms with Crippen LogP contribution in [0.1, 0.15) is 40.6 Å². The smallest absolute Gasteiger partial charge is 0.234 e. The van der Waals surface area contributed by atoms with E-state index in [4.69, 9.17) is 0 Å². The molecular formula is C28H30N4OS. The Morgan fingerprint density at radius 2 is 1.59 bits per heavy atom. The Morgan fingerprint density at radius 1 is 0.912 bits per heavy atom. The van der Waals surface area contributed by atoms with Crippen molar-refractivity contribution in [3.05, 3.63) is 100 Å². The molecule has 3 aromatic carbocycles. The first-order valence-corrected chi connectivity index (χ1v) is 12.5. The number of hydrogen-bond donors (Lipinski definition) is 1. The Bertz CT molecular complexity index is 1260. The Morgan fingerprint density at radius 3 is 2.24 bits per heavy atom. The molecule has 174 valence electrons. The molecule has 0 saturated carbocycles. The van der Waals surface area contributed by atoms with E-state index in [9.17, 15) is 4.79 Å². The summed E-state index contributed by atoms with van der Waals surface area (Å²) >= 11 is 1.40. The number of rotatable bonds is 8. The van der Waals surface area contributed by atoms with Crippen molar-refractivity contribution in [2.45, 2.75) is 45.7 Å². The lowest BCUT2D eigenvalue weighted by atomic mass is 10.1. The van der Waals surface area contributed by atoms with Crippen LogP contribution in [-0.4, -0.2) is 26.4 Å². The van der Waals surface area contributed by atoms with Gasteiger partial charge in [0.15, 0.2) is 5.16 Å². The molecule has 0 aliphatic heterocycles. The summed E-state index contributed by atoms with van der Waals surface area (Å²) in [6.07, 6.45) is 1.65. The van der Waals surface area contributed by atoms with Crippen molar-refractivity contribution < 1.29 is 4.79 Å². The molecule has 0 fully saturated rings. The fourth-order valence-electron chi connectivity index (χ4n) is 4.11. The van der Waals surface area contributed by atoms with Crippen molar-refractivity contribution in [2.75, 3.05) is 11.1 Å². The SMILES string of the molecule is CCc1ccc(-n2c(Cc3ccccc3)nnc2SCC(=O)Nc2c(C)cc(C)cc2C)cc1. The van der Waals surface area contributed by atoms with Gasteiger partial charge in [-0.25, -0.2) is 0 Å². The van der Waals surface area contributed by atoms with Gasteiger partial charge in [-0.1, -0.05) is 78.8 Å². The molecule has 1 N–H and O–H groups in total. The molecular weight excluding hydrogens is 440 g/mol. The number of carbonyl (C=O) groups excluding carboxylic acids is 1. The molecule has 0 spiro atoms. The molecule has 0 aliphatic carbocycles. The van der Waals surface area contributed by atoms with E-state index in [1.54, 1.807) is 0 Å². The third-order valence-corrected chi connectivity index (χ3v) is 6.71. The summed E-state index contributed by atoms with van der Waals surface area (Å²) in [4.78, 5) is 12.8. The van der Waals surface area contributed by atoms with Gasteiger partial charge in [0.25, 0.3) is 0 Å². The number of nitrogens with zero attached hydrogens (tertiary/aromatic N) is 3. The Labute approximate surface area is 205 Å². The Hall–Kier alpha value is -3.38.